The highest BCUT2D eigenvalue weighted by Gasteiger charge is 2.22. The Balaban J connectivity index is 1.89. The first-order valence-corrected chi connectivity index (χ1v) is 7.60. The van der Waals surface area contributed by atoms with E-state index in [4.69, 9.17) is 5.26 Å². The number of nitriles is 1. The molecule has 21 heavy (non-hydrogen) atoms. The van der Waals surface area contributed by atoms with Gasteiger partial charge in [-0.1, -0.05) is 6.07 Å². The molecule has 0 aliphatic carbocycles. The highest BCUT2D eigenvalue weighted by atomic mass is 32.1. The van der Waals surface area contributed by atoms with Crippen LogP contribution in [-0.4, -0.2) is 23.9 Å². The fraction of sp³-hybridized carbons (Fsp3) is 0.250. The quantitative estimate of drug-likeness (QED) is 0.849. The highest BCUT2D eigenvalue weighted by Crippen LogP contribution is 2.29. The summed E-state index contributed by atoms with van der Waals surface area (Å²) < 4.78 is 14.2. The van der Waals surface area contributed by atoms with Gasteiger partial charge in [-0.3, -0.25) is 4.79 Å². The Morgan fingerprint density at radius 3 is 2.62 bits per heavy atom. The van der Waals surface area contributed by atoms with Crippen molar-refractivity contribution in [2.75, 3.05) is 13.1 Å². The molecule has 5 heteroatoms. The average Bonchev–Trinajstić information content (AvgIpc) is 3.17. The maximum Gasteiger partial charge on any atom is 0.256 e. The molecule has 0 atom stereocenters. The molecule has 0 saturated carbocycles. The lowest BCUT2D eigenvalue weighted by molar-refractivity contribution is 0.0788. The normalized spacial score (nSPS) is 14.2. The van der Waals surface area contributed by atoms with E-state index < -0.39 is 5.82 Å². The van der Waals surface area contributed by atoms with E-state index in [1.165, 1.54) is 23.5 Å². The summed E-state index contributed by atoms with van der Waals surface area (Å²) in [5.41, 5.74) is 0.815. The SMILES string of the molecule is N#Cc1ccc(-c2ccc(C(=O)N3CCCC3)c(F)c2)s1. The lowest BCUT2D eigenvalue weighted by Crippen LogP contribution is -2.28. The van der Waals surface area contributed by atoms with Crippen LogP contribution in [0.2, 0.25) is 0 Å². The standard InChI is InChI=1S/C16H13FN2OS/c17-14-9-11(15-6-4-12(10-18)21-15)3-5-13(14)16(20)19-7-1-2-8-19/h3-6,9H,1-2,7-8H2. The topological polar surface area (TPSA) is 44.1 Å². The van der Waals surface area contributed by atoms with Crippen molar-refractivity contribution in [2.24, 2.45) is 0 Å². The molecule has 1 aromatic heterocycles. The Morgan fingerprint density at radius 2 is 2.00 bits per heavy atom. The molecule has 1 fully saturated rings. The molecule has 0 unspecified atom stereocenters. The third-order valence-electron chi connectivity index (χ3n) is 3.59. The van der Waals surface area contributed by atoms with Gasteiger partial charge in [0.05, 0.1) is 5.56 Å². The Bertz CT molecular complexity index is 726. The first-order chi connectivity index (χ1) is 10.2. The minimum Gasteiger partial charge on any atom is -0.339 e. The molecule has 3 rings (SSSR count). The Hall–Kier alpha value is -2.19. The summed E-state index contributed by atoms with van der Waals surface area (Å²) in [5, 5.41) is 8.83. The van der Waals surface area contributed by atoms with E-state index in [0.29, 0.717) is 23.5 Å². The van der Waals surface area contributed by atoms with Gasteiger partial charge in [0, 0.05) is 18.0 Å². The van der Waals surface area contributed by atoms with Gasteiger partial charge >= 0.3 is 0 Å². The summed E-state index contributed by atoms with van der Waals surface area (Å²) in [6, 6.07) is 10.2. The summed E-state index contributed by atoms with van der Waals surface area (Å²) in [7, 11) is 0. The van der Waals surface area contributed by atoms with Gasteiger partial charge in [-0.25, -0.2) is 4.39 Å². The molecular weight excluding hydrogens is 287 g/mol. The monoisotopic (exact) mass is 300 g/mol. The largest absolute Gasteiger partial charge is 0.339 e. The second kappa shape index (κ2) is 5.66. The Morgan fingerprint density at radius 1 is 1.24 bits per heavy atom. The summed E-state index contributed by atoms with van der Waals surface area (Å²) in [6.07, 6.45) is 1.97. The average molecular weight is 300 g/mol. The molecule has 1 amide bonds. The first kappa shape index (κ1) is 13.8. The number of halogens is 1. The summed E-state index contributed by atoms with van der Waals surface area (Å²) >= 11 is 1.31. The molecule has 3 nitrogen and oxygen atoms in total. The van der Waals surface area contributed by atoms with Crippen LogP contribution in [0.1, 0.15) is 28.1 Å². The van der Waals surface area contributed by atoms with Crippen LogP contribution in [0.3, 0.4) is 0 Å². The molecule has 0 N–H and O–H groups in total. The van der Waals surface area contributed by atoms with E-state index in [0.717, 1.165) is 17.7 Å². The number of nitrogens with zero attached hydrogens (tertiary/aromatic N) is 2. The van der Waals surface area contributed by atoms with Crippen LogP contribution in [0.15, 0.2) is 30.3 Å². The van der Waals surface area contributed by atoms with E-state index in [9.17, 15) is 9.18 Å². The molecule has 0 spiro atoms. The fourth-order valence-electron chi connectivity index (χ4n) is 2.49. The van der Waals surface area contributed by atoms with Crippen molar-refractivity contribution in [3.8, 4) is 16.5 Å². The lowest BCUT2D eigenvalue weighted by Gasteiger charge is -2.15. The summed E-state index contributed by atoms with van der Waals surface area (Å²) in [6.45, 7) is 1.41. The lowest BCUT2D eigenvalue weighted by atomic mass is 10.1. The number of carbonyl (C=O) groups is 1. The predicted octanol–water partition coefficient (Wildman–Crippen LogP) is 3.66. The zero-order valence-corrected chi connectivity index (χ0v) is 12.1. The van der Waals surface area contributed by atoms with E-state index in [1.807, 2.05) is 0 Å². The van der Waals surface area contributed by atoms with Crippen molar-refractivity contribution < 1.29 is 9.18 Å². The molecule has 2 aromatic rings. The first-order valence-electron chi connectivity index (χ1n) is 6.78. The van der Waals surface area contributed by atoms with Crippen LogP contribution >= 0.6 is 11.3 Å². The van der Waals surface area contributed by atoms with E-state index in [-0.39, 0.29) is 11.5 Å². The van der Waals surface area contributed by atoms with E-state index in [1.54, 1.807) is 23.1 Å². The molecular formula is C16H13FN2OS. The number of thiophene rings is 1. The molecule has 1 saturated heterocycles. The van der Waals surface area contributed by atoms with Crippen molar-refractivity contribution in [1.82, 2.24) is 4.90 Å². The zero-order chi connectivity index (χ0) is 14.8. The number of hydrogen-bond donors (Lipinski definition) is 0. The van der Waals surface area contributed by atoms with Gasteiger partial charge in [-0.05, 0) is 42.7 Å². The van der Waals surface area contributed by atoms with Crippen molar-refractivity contribution in [1.29, 1.82) is 5.26 Å². The van der Waals surface area contributed by atoms with Crippen molar-refractivity contribution >= 4 is 17.2 Å². The van der Waals surface area contributed by atoms with Gasteiger partial charge in [0.25, 0.3) is 5.91 Å². The van der Waals surface area contributed by atoms with E-state index >= 15 is 0 Å². The van der Waals surface area contributed by atoms with Gasteiger partial charge in [-0.15, -0.1) is 11.3 Å². The molecule has 0 radical (unpaired) electrons. The number of carbonyl (C=O) groups excluding carboxylic acids is 1. The van der Waals surface area contributed by atoms with Crippen LogP contribution < -0.4 is 0 Å². The Kier molecular flexibility index (Phi) is 3.72. The second-order valence-electron chi connectivity index (χ2n) is 4.97. The number of likely N-dealkylation sites (tertiary alicyclic amines) is 1. The van der Waals surface area contributed by atoms with Crippen molar-refractivity contribution in [2.45, 2.75) is 12.8 Å². The second-order valence-corrected chi connectivity index (χ2v) is 6.05. The van der Waals surface area contributed by atoms with Gasteiger partial charge in [0.2, 0.25) is 0 Å². The van der Waals surface area contributed by atoms with Gasteiger partial charge in [0.15, 0.2) is 0 Å². The van der Waals surface area contributed by atoms with Crippen LogP contribution in [0.5, 0.6) is 0 Å². The smallest absolute Gasteiger partial charge is 0.256 e. The van der Waals surface area contributed by atoms with Crippen molar-refractivity contribution in [3.63, 3.8) is 0 Å². The molecule has 0 bridgehead atoms. The molecule has 1 aromatic carbocycles. The van der Waals surface area contributed by atoms with Crippen LogP contribution in [-0.2, 0) is 0 Å². The third-order valence-corrected chi connectivity index (χ3v) is 4.63. The predicted molar refractivity (Wildman–Crippen MR) is 79.6 cm³/mol. The third kappa shape index (κ3) is 2.67. The zero-order valence-electron chi connectivity index (χ0n) is 11.3. The van der Waals surface area contributed by atoms with Crippen LogP contribution in [0, 0.1) is 17.1 Å². The number of benzene rings is 1. The summed E-state index contributed by atoms with van der Waals surface area (Å²) in [4.78, 5) is 15.3. The summed E-state index contributed by atoms with van der Waals surface area (Å²) in [5.74, 6) is -0.739. The number of amides is 1. The molecule has 106 valence electrons. The number of hydrogen-bond acceptors (Lipinski definition) is 3. The minimum absolute atomic E-state index is 0.123. The van der Waals surface area contributed by atoms with Crippen molar-refractivity contribution in [3.05, 3.63) is 46.6 Å². The van der Waals surface area contributed by atoms with Gasteiger partial charge in [0.1, 0.15) is 16.8 Å². The molecule has 2 heterocycles. The maximum absolute atomic E-state index is 14.2. The molecule has 1 aliphatic rings. The number of rotatable bonds is 2. The molecule has 1 aliphatic heterocycles. The minimum atomic E-state index is -0.503. The highest BCUT2D eigenvalue weighted by molar-refractivity contribution is 7.16. The maximum atomic E-state index is 14.2. The van der Waals surface area contributed by atoms with Crippen LogP contribution in [0.25, 0.3) is 10.4 Å². The van der Waals surface area contributed by atoms with E-state index in [2.05, 4.69) is 6.07 Å². The van der Waals surface area contributed by atoms with Gasteiger partial charge < -0.3 is 4.90 Å². The van der Waals surface area contributed by atoms with Gasteiger partial charge in [-0.2, -0.15) is 5.26 Å². The fourth-order valence-corrected chi connectivity index (χ4v) is 3.29. The van der Waals surface area contributed by atoms with Crippen LogP contribution in [0.4, 0.5) is 4.39 Å². The Labute approximate surface area is 126 Å².